The Balaban J connectivity index is 1.26. The van der Waals surface area contributed by atoms with E-state index in [4.69, 9.17) is 0 Å². The van der Waals surface area contributed by atoms with Crippen molar-refractivity contribution in [2.24, 2.45) is 0 Å². The molecule has 0 unspecified atom stereocenters. The second kappa shape index (κ2) is 10.4. The number of pyridine rings is 2. The van der Waals surface area contributed by atoms with Crippen molar-refractivity contribution in [3.63, 3.8) is 0 Å². The first-order valence-corrected chi connectivity index (χ1v) is 12.8. The number of carbonyl (C=O) groups excluding carboxylic acids is 2. The molecule has 0 bridgehead atoms. The van der Waals surface area contributed by atoms with Crippen molar-refractivity contribution in [1.82, 2.24) is 20.2 Å². The summed E-state index contributed by atoms with van der Waals surface area (Å²) in [6.07, 6.45) is 10.9. The molecule has 2 N–H and O–H groups in total. The molecule has 1 fully saturated rings. The van der Waals surface area contributed by atoms with Crippen molar-refractivity contribution >= 4 is 28.2 Å². The molecular weight excluding hydrogens is 446 g/mol. The first kappa shape index (κ1) is 22.7. The number of fused-ring (bicyclic) bond motifs is 1. The van der Waals surface area contributed by atoms with Crippen LogP contribution in [0.3, 0.4) is 0 Å². The van der Waals surface area contributed by atoms with E-state index in [1.807, 2.05) is 18.3 Å². The van der Waals surface area contributed by atoms with E-state index in [1.165, 1.54) is 4.88 Å². The zero-order valence-corrected chi connectivity index (χ0v) is 19.9. The second-order valence-corrected chi connectivity index (χ2v) is 10.1. The highest BCUT2D eigenvalue weighted by Gasteiger charge is 2.29. The monoisotopic (exact) mass is 475 g/mol. The number of likely N-dealkylation sites (tertiary alicyclic amines) is 1. The number of aryl methyl sites for hydroxylation is 1. The Bertz CT molecular complexity index is 1140. The van der Waals surface area contributed by atoms with Gasteiger partial charge >= 0.3 is 0 Å². The molecule has 0 atom stereocenters. The molecule has 0 spiro atoms. The van der Waals surface area contributed by atoms with Gasteiger partial charge in [-0.1, -0.05) is 6.07 Å². The van der Waals surface area contributed by atoms with E-state index in [0.29, 0.717) is 16.1 Å². The maximum Gasteiger partial charge on any atom is 0.257 e. The number of nitrogens with zero attached hydrogens (tertiary/aromatic N) is 3. The Kier molecular flexibility index (Phi) is 6.97. The summed E-state index contributed by atoms with van der Waals surface area (Å²) in [7, 11) is 0. The van der Waals surface area contributed by atoms with Gasteiger partial charge in [-0.2, -0.15) is 0 Å². The summed E-state index contributed by atoms with van der Waals surface area (Å²) in [6, 6.07) is 9.60. The van der Waals surface area contributed by atoms with Crippen LogP contribution in [0.5, 0.6) is 0 Å². The molecule has 2 amide bonds. The van der Waals surface area contributed by atoms with Crippen LogP contribution in [0.1, 0.15) is 62.5 Å². The van der Waals surface area contributed by atoms with Crippen molar-refractivity contribution in [2.45, 2.75) is 51.1 Å². The van der Waals surface area contributed by atoms with Gasteiger partial charge in [0.1, 0.15) is 5.00 Å². The van der Waals surface area contributed by atoms with Crippen LogP contribution < -0.4 is 10.6 Å². The van der Waals surface area contributed by atoms with Crippen LogP contribution in [0.2, 0.25) is 0 Å². The predicted octanol–water partition coefficient (Wildman–Crippen LogP) is 4.06. The third kappa shape index (κ3) is 5.18. The first-order chi connectivity index (χ1) is 16.7. The van der Waals surface area contributed by atoms with Crippen molar-refractivity contribution in [1.29, 1.82) is 0 Å². The maximum atomic E-state index is 13.5. The Labute approximate surface area is 203 Å². The Hall–Kier alpha value is -3.10. The fourth-order valence-corrected chi connectivity index (χ4v) is 6.06. The van der Waals surface area contributed by atoms with Gasteiger partial charge in [0.2, 0.25) is 0 Å². The lowest BCUT2D eigenvalue weighted by Crippen LogP contribution is -2.44. The quantitative estimate of drug-likeness (QED) is 0.561. The Morgan fingerprint density at radius 1 is 1.03 bits per heavy atom. The van der Waals surface area contributed by atoms with Crippen LogP contribution in [0.25, 0.3) is 0 Å². The normalized spacial score (nSPS) is 16.6. The van der Waals surface area contributed by atoms with E-state index < -0.39 is 0 Å². The summed E-state index contributed by atoms with van der Waals surface area (Å²) < 4.78 is 0. The highest BCUT2D eigenvalue weighted by molar-refractivity contribution is 7.17. The van der Waals surface area contributed by atoms with Crippen LogP contribution in [0.4, 0.5) is 5.00 Å². The van der Waals surface area contributed by atoms with E-state index in [-0.39, 0.29) is 17.9 Å². The second-order valence-electron chi connectivity index (χ2n) is 8.96. The lowest BCUT2D eigenvalue weighted by atomic mass is 9.94. The number of piperidine rings is 1. The first-order valence-electron chi connectivity index (χ1n) is 12.0. The SMILES string of the molecule is O=C(Nc1sc2c(c1C(=O)NC1CCN(Cc3ccccn3)CC1)CCCC2)c1cccnc1. The van der Waals surface area contributed by atoms with Gasteiger partial charge in [0, 0.05) is 49.1 Å². The molecule has 1 aliphatic heterocycles. The lowest BCUT2D eigenvalue weighted by Gasteiger charge is -2.32. The van der Waals surface area contributed by atoms with Crippen molar-refractivity contribution in [3.05, 3.63) is 76.2 Å². The molecule has 8 heteroatoms. The number of anilines is 1. The van der Waals surface area contributed by atoms with Gasteiger partial charge in [-0.05, 0) is 68.4 Å². The van der Waals surface area contributed by atoms with Crippen LogP contribution in [0.15, 0.2) is 48.9 Å². The summed E-state index contributed by atoms with van der Waals surface area (Å²) in [5.74, 6) is -0.298. The molecule has 5 rings (SSSR count). The fraction of sp³-hybridized carbons (Fsp3) is 0.385. The number of thiophene rings is 1. The lowest BCUT2D eigenvalue weighted by molar-refractivity contribution is 0.0908. The van der Waals surface area contributed by atoms with Crippen molar-refractivity contribution in [2.75, 3.05) is 18.4 Å². The van der Waals surface area contributed by atoms with E-state index in [2.05, 4.69) is 31.6 Å². The molecule has 3 aromatic rings. The molecule has 7 nitrogen and oxygen atoms in total. The molecule has 4 heterocycles. The molecular formula is C26H29N5O2S. The van der Waals surface area contributed by atoms with Gasteiger partial charge in [-0.15, -0.1) is 11.3 Å². The highest BCUT2D eigenvalue weighted by Crippen LogP contribution is 2.38. The Morgan fingerprint density at radius 2 is 1.88 bits per heavy atom. The fourth-order valence-electron chi connectivity index (χ4n) is 4.78. The Morgan fingerprint density at radius 3 is 2.65 bits per heavy atom. The molecule has 0 aromatic carbocycles. The third-order valence-electron chi connectivity index (χ3n) is 6.58. The molecule has 176 valence electrons. The molecule has 3 aromatic heterocycles. The van der Waals surface area contributed by atoms with E-state index in [1.54, 1.807) is 35.9 Å². The summed E-state index contributed by atoms with van der Waals surface area (Å²) in [4.78, 5) is 38.3. The number of rotatable bonds is 6. The van der Waals surface area contributed by atoms with Crippen LogP contribution >= 0.6 is 11.3 Å². The summed E-state index contributed by atoms with van der Waals surface area (Å²) in [5.41, 5.74) is 3.33. The smallest absolute Gasteiger partial charge is 0.257 e. The summed E-state index contributed by atoms with van der Waals surface area (Å²) in [5, 5.41) is 6.93. The zero-order chi connectivity index (χ0) is 23.3. The predicted molar refractivity (Wildman–Crippen MR) is 133 cm³/mol. The molecule has 1 saturated heterocycles. The van der Waals surface area contributed by atoms with Crippen LogP contribution in [-0.2, 0) is 19.4 Å². The molecule has 1 aliphatic carbocycles. The zero-order valence-electron chi connectivity index (χ0n) is 19.1. The molecule has 0 radical (unpaired) electrons. The summed E-state index contributed by atoms with van der Waals surface area (Å²) >= 11 is 1.55. The maximum absolute atomic E-state index is 13.5. The average molecular weight is 476 g/mol. The summed E-state index contributed by atoms with van der Waals surface area (Å²) in [6.45, 7) is 2.69. The molecule has 2 aliphatic rings. The number of hydrogen-bond donors (Lipinski definition) is 2. The van der Waals surface area contributed by atoms with E-state index in [0.717, 1.165) is 69.4 Å². The van der Waals surface area contributed by atoms with E-state index >= 15 is 0 Å². The van der Waals surface area contributed by atoms with Crippen molar-refractivity contribution in [3.8, 4) is 0 Å². The van der Waals surface area contributed by atoms with Gasteiger partial charge in [0.25, 0.3) is 11.8 Å². The van der Waals surface area contributed by atoms with Gasteiger partial charge in [-0.25, -0.2) is 0 Å². The van der Waals surface area contributed by atoms with Gasteiger partial charge in [-0.3, -0.25) is 24.5 Å². The number of aromatic nitrogens is 2. The number of hydrogen-bond acceptors (Lipinski definition) is 6. The highest BCUT2D eigenvalue weighted by atomic mass is 32.1. The third-order valence-corrected chi connectivity index (χ3v) is 7.79. The number of amides is 2. The largest absolute Gasteiger partial charge is 0.349 e. The standard InChI is InChI=1S/C26H29N5O2S/c32-24(18-6-5-12-27-16-18)30-26-23(21-8-1-2-9-22(21)34-26)25(33)29-19-10-14-31(15-11-19)17-20-7-3-4-13-28-20/h3-7,12-13,16,19H,1-2,8-11,14-15,17H2,(H,29,33)(H,30,32). The number of carbonyl (C=O) groups is 2. The molecule has 34 heavy (non-hydrogen) atoms. The van der Waals surface area contributed by atoms with Gasteiger partial charge in [0.15, 0.2) is 0 Å². The minimum atomic E-state index is -0.233. The van der Waals surface area contributed by atoms with Crippen LogP contribution in [-0.4, -0.2) is 45.8 Å². The van der Waals surface area contributed by atoms with E-state index in [9.17, 15) is 9.59 Å². The van der Waals surface area contributed by atoms with Crippen molar-refractivity contribution < 1.29 is 9.59 Å². The minimum Gasteiger partial charge on any atom is -0.349 e. The van der Waals surface area contributed by atoms with Gasteiger partial charge < -0.3 is 10.6 Å². The molecule has 0 saturated carbocycles. The number of nitrogens with one attached hydrogen (secondary N) is 2. The average Bonchev–Trinajstić information content (AvgIpc) is 3.24. The van der Waals surface area contributed by atoms with Gasteiger partial charge in [0.05, 0.1) is 16.8 Å². The van der Waals surface area contributed by atoms with Crippen LogP contribution in [0, 0.1) is 0 Å². The topological polar surface area (TPSA) is 87.2 Å². The minimum absolute atomic E-state index is 0.0657.